The second-order valence-electron chi connectivity index (χ2n) is 7.73. The zero-order valence-electron chi connectivity index (χ0n) is 13.9. The van der Waals surface area contributed by atoms with Gasteiger partial charge in [0.15, 0.2) is 0 Å². The SMILES string of the molecule is Cc1ccc(C2CCC(C3CCC(C)CC3)CC2)c(I)c1I. The maximum absolute atomic E-state index is 2.58. The maximum Gasteiger partial charge on any atom is 0.0301 e. The summed E-state index contributed by atoms with van der Waals surface area (Å²) in [4.78, 5) is 0. The molecule has 2 saturated carbocycles. The Balaban J connectivity index is 1.61. The fourth-order valence-corrected chi connectivity index (χ4v) is 6.17. The molecule has 1 aromatic carbocycles. The minimum Gasteiger partial charge on any atom is -0.0625 e. The minimum atomic E-state index is 0.819. The topological polar surface area (TPSA) is 0 Å². The molecule has 0 aliphatic heterocycles. The van der Waals surface area contributed by atoms with Crippen LogP contribution >= 0.6 is 45.2 Å². The lowest BCUT2D eigenvalue weighted by molar-refractivity contribution is 0.165. The Hall–Kier alpha value is 0.680. The van der Waals surface area contributed by atoms with Gasteiger partial charge in [0.2, 0.25) is 0 Å². The number of hydrogen-bond acceptors (Lipinski definition) is 0. The Bertz CT molecular complexity index is 507. The Labute approximate surface area is 163 Å². The summed E-state index contributed by atoms with van der Waals surface area (Å²) in [6, 6.07) is 4.74. The average Bonchev–Trinajstić information content (AvgIpc) is 2.54. The van der Waals surface area contributed by atoms with Gasteiger partial charge in [0, 0.05) is 7.14 Å². The third-order valence-corrected chi connectivity index (χ3v) is 9.83. The van der Waals surface area contributed by atoms with E-state index in [-0.39, 0.29) is 0 Å². The summed E-state index contributed by atoms with van der Waals surface area (Å²) in [5, 5.41) is 0. The minimum absolute atomic E-state index is 0.819. The van der Waals surface area contributed by atoms with E-state index in [4.69, 9.17) is 0 Å². The molecule has 0 unspecified atom stereocenters. The molecule has 2 aliphatic carbocycles. The van der Waals surface area contributed by atoms with Gasteiger partial charge in [-0.3, -0.25) is 0 Å². The van der Waals surface area contributed by atoms with Gasteiger partial charge in [-0.15, -0.1) is 0 Å². The van der Waals surface area contributed by atoms with Crippen molar-refractivity contribution in [1.82, 2.24) is 0 Å². The molecular formula is C20H28I2. The first-order valence-corrected chi connectivity index (χ1v) is 11.2. The number of halogens is 2. The molecule has 122 valence electrons. The van der Waals surface area contributed by atoms with Crippen molar-refractivity contribution in [1.29, 1.82) is 0 Å². The van der Waals surface area contributed by atoms with Crippen molar-refractivity contribution in [3.63, 3.8) is 0 Å². The van der Waals surface area contributed by atoms with Gasteiger partial charge in [0.1, 0.15) is 0 Å². The van der Waals surface area contributed by atoms with Crippen LogP contribution in [0.15, 0.2) is 12.1 Å². The predicted molar refractivity (Wildman–Crippen MR) is 112 cm³/mol. The molecule has 0 radical (unpaired) electrons. The quantitative estimate of drug-likeness (QED) is 0.358. The molecule has 0 nitrogen and oxygen atoms in total. The van der Waals surface area contributed by atoms with E-state index in [1.165, 1.54) is 64.1 Å². The lowest BCUT2D eigenvalue weighted by atomic mass is 9.68. The number of rotatable bonds is 2. The number of aryl methyl sites for hydroxylation is 1. The standard InChI is InChI=1S/C20H28I2/c1-13-3-6-15(7-4-13)16-8-10-17(11-9-16)18-12-5-14(2)19(21)20(18)22/h5,12-13,15-17H,3-4,6-11H2,1-2H3. The molecule has 0 atom stereocenters. The molecule has 2 heteroatoms. The van der Waals surface area contributed by atoms with Crippen LogP contribution in [0.3, 0.4) is 0 Å². The summed E-state index contributed by atoms with van der Waals surface area (Å²) in [6.07, 6.45) is 11.8. The molecule has 1 aromatic rings. The van der Waals surface area contributed by atoms with E-state index in [1.54, 1.807) is 5.56 Å². The van der Waals surface area contributed by atoms with Gasteiger partial charge < -0.3 is 0 Å². The lowest BCUT2D eigenvalue weighted by Gasteiger charge is -2.37. The van der Waals surface area contributed by atoms with E-state index in [2.05, 4.69) is 71.2 Å². The zero-order valence-corrected chi connectivity index (χ0v) is 18.2. The van der Waals surface area contributed by atoms with Crippen molar-refractivity contribution >= 4 is 45.2 Å². The molecule has 2 fully saturated rings. The van der Waals surface area contributed by atoms with Gasteiger partial charge in [-0.05, 0) is 125 Å². The van der Waals surface area contributed by atoms with E-state index in [0.29, 0.717) is 0 Å². The van der Waals surface area contributed by atoms with E-state index in [1.807, 2.05) is 0 Å². The van der Waals surface area contributed by atoms with E-state index in [9.17, 15) is 0 Å². The Morgan fingerprint density at radius 3 is 1.91 bits per heavy atom. The van der Waals surface area contributed by atoms with Crippen LogP contribution in [0.5, 0.6) is 0 Å². The van der Waals surface area contributed by atoms with Gasteiger partial charge in [0.05, 0.1) is 0 Å². The fourth-order valence-electron chi connectivity index (χ4n) is 4.64. The fraction of sp³-hybridized carbons (Fsp3) is 0.700. The summed E-state index contributed by atoms with van der Waals surface area (Å²) in [6.45, 7) is 4.67. The summed E-state index contributed by atoms with van der Waals surface area (Å²) in [5.74, 6) is 3.89. The van der Waals surface area contributed by atoms with Gasteiger partial charge in [-0.1, -0.05) is 31.9 Å². The molecule has 3 rings (SSSR count). The Morgan fingerprint density at radius 1 is 0.773 bits per heavy atom. The monoisotopic (exact) mass is 522 g/mol. The van der Waals surface area contributed by atoms with Crippen LogP contribution in [-0.4, -0.2) is 0 Å². The van der Waals surface area contributed by atoms with Crippen molar-refractivity contribution in [3.8, 4) is 0 Å². The number of hydrogen-bond donors (Lipinski definition) is 0. The highest BCUT2D eigenvalue weighted by molar-refractivity contribution is 14.1. The number of benzene rings is 1. The normalized spacial score (nSPS) is 32.9. The van der Waals surface area contributed by atoms with Crippen LogP contribution in [0.4, 0.5) is 0 Å². The second kappa shape index (κ2) is 7.71. The first kappa shape index (κ1) is 17.5. The Morgan fingerprint density at radius 2 is 1.32 bits per heavy atom. The van der Waals surface area contributed by atoms with E-state index in [0.717, 1.165) is 23.7 Å². The summed E-state index contributed by atoms with van der Waals surface area (Å²) in [5.41, 5.74) is 3.06. The summed E-state index contributed by atoms with van der Waals surface area (Å²) in [7, 11) is 0. The van der Waals surface area contributed by atoms with E-state index < -0.39 is 0 Å². The second-order valence-corrected chi connectivity index (χ2v) is 9.89. The van der Waals surface area contributed by atoms with Crippen LogP contribution in [-0.2, 0) is 0 Å². The zero-order chi connectivity index (χ0) is 15.7. The summed E-state index contributed by atoms with van der Waals surface area (Å²) < 4.78 is 2.99. The molecule has 22 heavy (non-hydrogen) atoms. The van der Waals surface area contributed by atoms with Gasteiger partial charge >= 0.3 is 0 Å². The van der Waals surface area contributed by atoms with Gasteiger partial charge in [-0.25, -0.2) is 0 Å². The van der Waals surface area contributed by atoms with E-state index >= 15 is 0 Å². The molecule has 0 amide bonds. The highest BCUT2D eigenvalue weighted by atomic mass is 127. The third-order valence-electron chi connectivity index (χ3n) is 6.24. The van der Waals surface area contributed by atoms with Crippen molar-refractivity contribution in [2.24, 2.45) is 17.8 Å². The largest absolute Gasteiger partial charge is 0.0625 e. The molecule has 0 heterocycles. The predicted octanol–water partition coefficient (Wildman–Crippen LogP) is 7.30. The lowest BCUT2D eigenvalue weighted by Crippen LogP contribution is -2.25. The highest BCUT2D eigenvalue weighted by Crippen LogP contribution is 2.45. The van der Waals surface area contributed by atoms with Crippen LogP contribution in [0.2, 0.25) is 0 Å². The first-order valence-electron chi connectivity index (χ1n) is 9.00. The van der Waals surface area contributed by atoms with Crippen molar-refractivity contribution in [2.75, 3.05) is 0 Å². The van der Waals surface area contributed by atoms with Crippen LogP contribution < -0.4 is 0 Å². The van der Waals surface area contributed by atoms with Crippen LogP contribution in [0.25, 0.3) is 0 Å². The molecule has 0 N–H and O–H groups in total. The molecular weight excluding hydrogens is 494 g/mol. The van der Waals surface area contributed by atoms with Crippen molar-refractivity contribution < 1.29 is 0 Å². The molecule has 0 bridgehead atoms. The third kappa shape index (κ3) is 3.84. The molecule has 2 aliphatic rings. The Kier molecular flexibility index (Phi) is 6.13. The first-order chi connectivity index (χ1) is 10.6. The van der Waals surface area contributed by atoms with Crippen LogP contribution in [0.1, 0.15) is 75.3 Å². The molecule has 0 aromatic heterocycles. The van der Waals surface area contributed by atoms with Crippen LogP contribution in [0, 0.1) is 31.8 Å². The molecule has 0 saturated heterocycles. The smallest absolute Gasteiger partial charge is 0.0301 e. The highest BCUT2D eigenvalue weighted by Gasteiger charge is 2.31. The van der Waals surface area contributed by atoms with Gasteiger partial charge in [-0.2, -0.15) is 0 Å². The summed E-state index contributed by atoms with van der Waals surface area (Å²) >= 11 is 5.10. The van der Waals surface area contributed by atoms with Gasteiger partial charge in [0.25, 0.3) is 0 Å². The van der Waals surface area contributed by atoms with Crippen molar-refractivity contribution in [3.05, 3.63) is 30.4 Å². The maximum atomic E-state index is 2.58. The van der Waals surface area contributed by atoms with Crippen molar-refractivity contribution in [2.45, 2.75) is 71.1 Å². The molecule has 0 spiro atoms. The average molecular weight is 522 g/mol.